The number of benzene rings is 1. The van der Waals surface area contributed by atoms with Crippen LogP contribution in [0.25, 0.3) is 0 Å². The lowest BCUT2D eigenvalue weighted by Crippen LogP contribution is -2.63. The topological polar surface area (TPSA) is 227 Å². The number of thiophene rings is 1. The summed E-state index contributed by atoms with van der Waals surface area (Å²) in [7, 11) is 1.53. The number of methoxy groups -OCH3 is 1. The number of rotatable bonds is 15. The average molecular weight is 848 g/mol. The second kappa shape index (κ2) is 17.0. The van der Waals surface area contributed by atoms with Crippen molar-refractivity contribution in [1.82, 2.24) is 10.6 Å². The molecule has 16 heteroatoms. The summed E-state index contributed by atoms with van der Waals surface area (Å²) in [6.07, 6.45) is 4.97. The molecule has 10 atom stereocenters. The number of aliphatic carboxylic acids is 1. The van der Waals surface area contributed by atoms with Crippen LogP contribution in [0.3, 0.4) is 0 Å². The Balaban J connectivity index is 1.08. The Bertz CT molecular complexity index is 2130. The molecule has 0 unspecified atom stereocenters. The zero-order chi connectivity index (χ0) is 43.1. The summed E-state index contributed by atoms with van der Waals surface area (Å²) in [5.74, 6) is -2.95. The van der Waals surface area contributed by atoms with Gasteiger partial charge in [-0.15, -0.1) is 11.3 Å². The number of carboxylic acids is 1. The fraction of sp³-hybridized carbons (Fsp3) is 0.545. The van der Waals surface area contributed by atoms with Crippen LogP contribution in [0.2, 0.25) is 0 Å². The highest BCUT2D eigenvalue weighted by Gasteiger charge is 2.76. The largest absolute Gasteiger partial charge is 0.495 e. The zero-order valence-corrected chi connectivity index (χ0v) is 35.0. The number of aliphatic hydroxyl groups excluding tert-OH is 2. The number of allylic oxidation sites excluding steroid dienone is 4. The third kappa shape index (κ3) is 7.61. The molecular weight excluding hydrogens is 795 g/mol. The van der Waals surface area contributed by atoms with Crippen LogP contribution < -0.4 is 20.7 Å². The maximum atomic E-state index is 14.1. The molecule has 322 valence electrons. The molecule has 0 bridgehead atoms. The lowest BCUT2D eigenvalue weighted by Gasteiger charge is -2.59. The Hall–Kier alpha value is -4.74. The second-order valence-corrected chi connectivity index (χ2v) is 18.0. The first kappa shape index (κ1) is 43.4. The molecule has 1 aromatic carbocycles. The quantitative estimate of drug-likeness (QED) is 0.151. The zero-order valence-electron chi connectivity index (χ0n) is 34.2. The van der Waals surface area contributed by atoms with E-state index >= 15 is 0 Å². The Labute approximate surface area is 351 Å². The number of carbonyl (C=O) groups is 6. The van der Waals surface area contributed by atoms with E-state index in [1.54, 1.807) is 37.3 Å². The molecule has 2 aromatic rings. The number of ether oxygens (including phenoxy) is 3. The van der Waals surface area contributed by atoms with Gasteiger partial charge in [-0.2, -0.15) is 0 Å². The van der Waals surface area contributed by atoms with Gasteiger partial charge in [-0.25, -0.2) is 0 Å². The van der Waals surface area contributed by atoms with E-state index < -0.39 is 71.1 Å². The summed E-state index contributed by atoms with van der Waals surface area (Å²) in [6, 6.07) is 5.86. The van der Waals surface area contributed by atoms with Crippen molar-refractivity contribution in [2.75, 3.05) is 25.6 Å². The van der Waals surface area contributed by atoms with Crippen LogP contribution in [0.15, 0.2) is 53.4 Å². The van der Waals surface area contributed by atoms with Gasteiger partial charge in [0.15, 0.2) is 23.5 Å². The molecular formula is C44H53N3O12S. The highest BCUT2D eigenvalue weighted by atomic mass is 32.1. The summed E-state index contributed by atoms with van der Waals surface area (Å²) in [6.45, 7) is 4.60. The predicted octanol–water partition coefficient (Wildman–Crippen LogP) is 3.76. The van der Waals surface area contributed by atoms with Gasteiger partial charge < -0.3 is 45.5 Å². The van der Waals surface area contributed by atoms with Gasteiger partial charge in [0.2, 0.25) is 17.7 Å². The summed E-state index contributed by atoms with van der Waals surface area (Å²) < 4.78 is 19.5. The number of aliphatic hydroxyl groups is 2. The maximum Gasteiger partial charge on any atom is 0.303 e. The predicted molar refractivity (Wildman–Crippen MR) is 218 cm³/mol. The van der Waals surface area contributed by atoms with Gasteiger partial charge in [-0.1, -0.05) is 44.6 Å². The van der Waals surface area contributed by atoms with Gasteiger partial charge in [0.05, 0.1) is 25.9 Å². The van der Waals surface area contributed by atoms with Crippen LogP contribution in [0, 0.1) is 28.6 Å². The standard InChI is InChI=1S/C44H53N3O12S/c1-5-34(52)45-20-35(53)47-30(11-12-36(54)55)40(56)46-26-8-6-7-23(16-26)15-24-22-60-39(38(24)57-4)41-58-33-18-29-28-10-9-25-17-27(49)13-14-42(25,2)37(28)31(50)19-43(29,3)44(33,59-41)32(51)21-48/h6-8,13-14,16-17,22,28-31,33,37,41,48,50H,5,9-12,15,18-21H2,1-4H3,(H,45,52)(H,46,56)(H,47,53)(H,54,55)/t28-,29-,30-,31-,33+,37+,41+,42-,43-,44+/m0/s1. The Morgan fingerprint density at radius 3 is 2.63 bits per heavy atom. The molecule has 0 spiro atoms. The highest BCUT2D eigenvalue weighted by Crippen LogP contribution is 2.71. The molecule has 5 aliphatic rings. The first-order chi connectivity index (χ1) is 28.6. The Morgan fingerprint density at radius 1 is 1.13 bits per heavy atom. The summed E-state index contributed by atoms with van der Waals surface area (Å²) in [5, 5.41) is 41.3. The number of fused-ring (bicyclic) bond motifs is 7. The van der Waals surface area contributed by atoms with Crippen molar-refractivity contribution in [3.8, 4) is 5.75 Å². The van der Waals surface area contributed by atoms with E-state index in [1.807, 2.05) is 24.4 Å². The number of Topliss-reactive ketones (excluding diaryl/α,β-unsaturated/α-hetero) is 1. The smallest absolute Gasteiger partial charge is 0.303 e. The Morgan fingerprint density at radius 2 is 1.92 bits per heavy atom. The fourth-order valence-electron chi connectivity index (χ4n) is 11.0. The fourth-order valence-corrected chi connectivity index (χ4v) is 12.0. The first-order valence-corrected chi connectivity index (χ1v) is 21.4. The normalized spacial score (nSPS) is 31.8. The van der Waals surface area contributed by atoms with Crippen LogP contribution in [-0.2, 0) is 44.7 Å². The molecule has 15 nitrogen and oxygen atoms in total. The molecule has 4 fully saturated rings. The average Bonchev–Trinajstić information content (AvgIpc) is 3.87. The molecule has 4 aliphatic carbocycles. The van der Waals surface area contributed by atoms with Crippen molar-refractivity contribution in [2.45, 2.75) is 102 Å². The molecule has 60 heavy (non-hydrogen) atoms. The number of nitrogens with one attached hydrogen (secondary N) is 3. The van der Waals surface area contributed by atoms with E-state index in [0.717, 1.165) is 23.1 Å². The number of carbonyl (C=O) groups excluding carboxylic acids is 5. The van der Waals surface area contributed by atoms with Crippen molar-refractivity contribution in [1.29, 1.82) is 0 Å². The summed E-state index contributed by atoms with van der Waals surface area (Å²) in [5.41, 5.74) is 0.137. The molecule has 1 aromatic heterocycles. The maximum absolute atomic E-state index is 14.1. The van der Waals surface area contributed by atoms with Gasteiger partial charge in [-0.3, -0.25) is 28.8 Å². The van der Waals surface area contributed by atoms with Crippen molar-refractivity contribution in [3.05, 3.63) is 69.5 Å². The molecule has 1 saturated heterocycles. The SMILES string of the molecule is CCC(=O)NCC(=O)N[C@@H](CCC(=O)O)C(=O)Nc1cccc(Cc2csc([C@@H]3O[C@@H]4C[C@H]5[C@@H]6CCC7=CC(=O)C=C[C@]7(C)[C@H]6[C@@H](O)C[C@]5(C)[C@]4(C(=O)CO)O3)c2OC)c1. The van der Waals surface area contributed by atoms with E-state index in [1.165, 1.54) is 18.4 Å². The van der Waals surface area contributed by atoms with Gasteiger partial charge >= 0.3 is 5.97 Å². The molecule has 3 saturated carbocycles. The number of anilines is 1. The number of hydrogen-bond donors (Lipinski definition) is 6. The highest BCUT2D eigenvalue weighted by molar-refractivity contribution is 7.10. The van der Waals surface area contributed by atoms with E-state index in [-0.39, 0.29) is 61.7 Å². The van der Waals surface area contributed by atoms with Gasteiger partial charge in [-0.05, 0) is 79.2 Å². The summed E-state index contributed by atoms with van der Waals surface area (Å²) >= 11 is 1.35. The second-order valence-electron chi connectivity index (χ2n) is 17.0. The van der Waals surface area contributed by atoms with Crippen molar-refractivity contribution in [2.24, 2.45) is 28.6 Å². The molecule has 7 rings (SSSR count). The minimum Gasteiger partial charge on any atom is -0.495 e. The van der Waals surface area contributed by atoms with Gasteiger partial charge in [0.25, 0.3) is 0 Å². The molecule has 6 N–H and O–H groups in total. The molecule has 0 radical (unpaired) electrons. The van der Waals surface area contributed by atoms with Crippen LogP contribution in [0.5, 0.6) is 5.75 Å². The monoisotopic (exact) mass is 847 g/mol. The lowest BCUT2D eigenvalue weighted by atomic mass is 9.46. The lowest BCUT2D eigenvalue weighted by molar-refractivity contribution is -0.200. The molecule has 1 aliphatic heterocycles. The summed E-state index contributed by atoms with van der Waals surface area (Å²) in [4.78, 5) is 75.7. The van der Waals surface area contributed by atoms with Crippen molar-refractivity contribution in [3.63, 3.8) is 0 Å². The minimum absolute atomic E-state index is 0.0240. The minimum atomic E-state index is -1.52. The third-order valence-electron chi connectivity index (χ3n) is 13.7. The Kier molecular flexibility index (Phi) is 12.3. The first-order valence-electron chi connectivity index (χ1n) is 20.5. The van der Waals surface area contributed by atoms with Crippen LogP contribution in [-0.4, -0.2) is 94.7 Å². The van der Waals surface area contributed by atoms with Gasteiger partial charge in [0.1, 0.15) is 23.3 Å². The van der Waals surface area contributed by atoms with E-state index in [9.17, 15) is 44.1 Å². The van der Waals surface area contributed by atoms with E-state index in [0.29, 0.717) is 35.6 Å². The van der Waals surface area contributed by atoms with E-state index in [2.05, 4.69) is 22.9 Å². The van der Waals surface area contributed by atoms with Crippen molar-refractivity contribution >= 4 is 52.3 Å². The van der Waals surface area contributed by atoms with E-state index in [4.69, 9.17) is 14.2 Å². The third-order valence-corrected chi connectivity index (χ3v) is 14.7. The van der Waals surface area contributed by atoms with Crippen LogP contribution >= 0.6 is 11.3 Å². The molecule has 2 heterocycles. The number of ketones is 2. The van der Waals surface area contributed by atoms with Crippen molar-refractivity contribution < 1.29 is 58.3 Å². The van der Waals surface area contributed by atoms with Crippen LogP contribution in [0.1, 0.15) is 88.0 Å². The number of carboxylic acid groups (broad SMARTS) is 1. The van der Waals surface area contributed by atoms with Crippen LogP contribution in [0.4, 0.5) is 5.69 Å². The number of amides is 3. The molecule has 3 amide bonds. The number of hydrogen-bond acceptors (Lipinski definition) is 12. The van der Waals surface area contributed by atoms with Gasteiger partial charge in [0, 0.05) is 47.3 Å².